The summed E-state index contributed by atoms with van der Waals surface area (Å²) in [5.74, 6) is -0.148. The van der Waals surface area contributed by atoms with Gasteiger partial charge in [0.15, 0.2) is 24.8 Å². The van der Waals surface area contributed by atoms with E-state index in [1.807, 2.05) is 37.1 Å². The van der Waals surface area contributed by atoms with Crippen LogP contribution in [-0.4, -0.2) is 86.8 Å². The van der Waals surface area contributed by atoms with Crippen molar-refractivity contribution in [3.8, 4) is 11.1 Å². The summed E-state index contributed by atoms with van der Waals surface area (Å²) < 4.78 is 14.1. The highest BCUT2D eigenvalue weighted by atomic mass is 35.5. The molecule has 1 aromatic carbocycles. The second-order valence-electron chi connectivity index (χ2n) is 10.4. The first-order valence-electron chi connectivity index (χ1n) is 15.1. The molecule has 0 bridgehead atoms. The Bertz CT molecular complexity index is 1650. The van der Waals surface area contributed by atoms with Gasteiger partial charge < -0.3 is 35.7 Å². The molecule has 4 rings (SSSR count). The number of aliphatic carboxylic acids is 1. The minimum Gasteiger partial charge on any atom is -0.480 e. The topological polar surface area (TPSA) is 210 Å². The lowest BCUT2D eigenvalue weighted by Crippen LogP contribution is -2.27. The lowest BCUT2D eigenvalue weighted by Gasteiger charge is -2.12. The number of carbonyl (C=O) groups excluding carboxylic acids is 1. The molecule has 0 saturated heterocycles. The van der Waals surface area contributed by atoms with Crippen LogP contribution in [0.1, 0.15) is 13.8 Å². The van der Waals surface area contributed by atoms with E-state index in [0.29, 0.717) is 27.6 Å². The van der Waals surface area contributed by atoms with Crippen molar-refractivity contribution in [2.24, 2.45) is 14.1 Å². The number of nitrogens with zero attached hydrogens (tertiary/aromatic N) is 6. The van der Waals surface area contributed by atoms with Crippen molar-refractivity contribution in [3.05, 3.63) is 82.6 Å². The molecule has 0 aliphatic heterocycles. The number of hydrogen-bond donors (Lipinski definition) is 7. The van der Waals surface area contributed by atoms with Crippen molar-refractivity contribution in [1.29, 1.82) is 0 Å². The fourth-order valence-corrected chi connectivity index (χ4v) is 4.19. The highest BCUT2D eigenvalue weighted by molar-refractivity contribution is 7.51. The Hall–Kier alpha value is -4.15. The summed E-state index contributed by atoms with van der Waals surface area (Å²) in [6.07, 6.45) is 7.63. The minimum absolute atomic E-state index is 0.196. The first-order valence-corrected chi connectivity index (χ1v) is 18.1. The Kier molecular flexibility index (Phi) is 20.5. The average Bonchev–Trinajstić information content (AvgIpc) is 3.04. The quantitative estimate of drug-likeness (QED) is 0.0888. The summed E-state index contributed by atoms with van der Waals surface area (Å²) in [6.45, 7) is 5.00. The molecule has 0 radical (unpaired) electrons. The number of carboxylic acid groups (broad SMARTS) is 1. The number of benzene rings is 1. The van der Waals surface area contributed by atoms with Crippen LogP contribution < -0.4 is 30.4 Å². The molecule has 4 aromatic rings. The number of anilines is 3. The molecule has 7 N–H and O–H groups in total. The molecule has 51 heavy (non-hydrogen) atoms. The summed E-state index contributed by atoms with van der Waals surface area (Å²) in [6, 6.07) is 13.2. The van der Waals surface area contributed by atoms with Crippen LogP contribution in [0.5, 0.6) is 0 Å². The van der Waals surface area contributed by atoms with Crippen molar-refractivity contribution < 1.29 is 38.2 Å². The summed E-state index contributed by atoms with van der Waals surface area (Å²) in [4.78, 5) is 50.7. The Morgan fingerprint density at radius 1 is 0.804 bits per heavy atom. The van der Waals surface area contributed by atoms with Gasteiger partial charge in [-0.15, -0.1) is 0 Å². The van der Waals surface area contributed by atoms with E-state index in [2.05, 4.69) is 85.3 Å². The van der Waals surface area contributed by atoms with Crippen LogP contribution >= 0.6 is 42.4 Å². The van der Waals surface area contributed by atoms with E-state index in [1.165, 1.54) is 16.0 Å². The van der Waals surface area contributed by atoms with Crippen molar-refractivity contribution in [1.82, 2.24) is 25.2 Å². The molecule has 0 unspecified atom stereocenters. The maximum Gasteiger partial charge on any atom is 0.339 e. The van der Waals surface area contributed by atoms with Crippen molar-refractivity contribution >= 4 is 72.0 Å². The number of rotatable bonds is 10. The maximum atomic E-state index is 11.2. The van der Waals surface area contributed by atoms with Crippen molar-refractivity contribution in [3.63, 3.8) is 0 Å². The number of nitrogens with one attached hydrogen (secondary N) is 4. The van der Waals surface area contributed by atoms with Gasteiger partial charge >= 0.3 is 19.6 Å². The van der Waals surface area contributed by atoms with E-state index in [-0.39, 0.29) is 11.3 Å². The van der Waals surface area contributed by atoms with Gasteiger partial charge in [0.25, 0.3) is 0 Å². The normalized spacial score (nSPS) is 10.2. The maximum absolute atomic E-state index is 11.2. The third-order valence-corrected chi connectivity index (χ3v) is 7.28. The zero-order valence-electron chi connectivity index (χ0n) is 29.0. The fourth-order valence-electron chi connectivity index (χ4n) is 3.33. The molecule has 0 saturated carbocycles. The van der Waals surface area contributed by atoms with Crippen molar-refractivity contribution in [2.75, 3.05) is 56.0 Å². The number of hydrogen-bond acceptors (Lipinski definition) is 9. The van der Waals surface area contributed by atoms with E-state index in [9.17, 15) is 14.2 Å². The zero-order valence-corrected chi connectivity index (χ0v) is 32.2. The molecule has 0 atom stereocenters. The van der Waals surface area contributed by atoms with E-state index in [4.69, 9.17) is 49.7 Å². The van der Waals surface area contributed by atoms with E-state index in [0.717, 1.165) is 13.1 Å². The molecule has 0 fully saturated rings. The van der Waals surface area contributed by atoms with Gasteiger partial charge in [0, 0.05) is 57.1 Å². The van der Waals surface area contributed by atoms with Gasteiger partial charge in [-0.1, -0.05) is 23.2 Å². The molecular formula is C31H44Cl3N10O6P+2. The van der Waals surface area contributed by atoms with Gasteiger partial charge in [0.1, 0.15) is 14.1 Å². The van der Waals surface area contributed by atoms with Crippen LogP contribution in [0.15, 0.2) is 67.3 Å². The first-order chi connectivity index (χ1) is 23.9. The zero-order chi connectivity index (χ0) is 38.6. The van der Waals surface area contributed by atoms with E-state index >= 15 is 0 Å². The molecule has 0 aliphatic rings. The van der Waals surface area contributed by atoms with Crippen LogP contribution in [0.2, 0.25) is 15.3 Å². The molecule has 3 aromatic heterocycles. The second kappa shape index (κ2) is 23.3. The number of aromatic nitrogens is 5. The van der Waals surface area contributed by atoms with Crippen LogP contribution in [-0.2, 0) is 23.5 Å². The fraction of sp³-hybridized carbons (Fsp3) is 0.323. The monoisotopic (exact) mass is 788 g/mol. The molecule has 0 spiro atoms. The second-order valence-corrected chi connectivity index (χ2v) is 13.2. The average molecular weight is 790 g/mol. The van der Waals surface area contributed by atoms with Crippen LogP contribution in [0.3, 0.4) is 0 Å². The molecule has 20 heteroatoms. The lowest BCUT2D eigenvalue weighted by atomic mass is 10.1. The summed E-state index contributed by atoms with van der Waals surface area (Å²) in [7, 11) is 3.27. The number of pyridine rings is 2. The van der Waals surface area contributed by atoms with E-state index in [1.54, 1.807) is 32.3 Å². The van der Waals surface area contributed by atoms with Gasteiger partial charge in [-0.25, -0.2) is 13.9 Å². The molecule has 16 nitrogen and oxygen atoms in total. The largest absolute Gasteiger partial charge is 0.480 e. The van der Waals surface area contributed by atoms with Gasteiger partial charge in [-0.05, 0) is 54.8 Å². The Morgan fingerprint density at radius 2 is 1.27 bits per heavy atom. The molecule has 2 amide bonds. The van der Waals surface area contributed by atoms with Gasteiger partial charge in [0.2, 0.25) is 17.2 Å². The minimum atomic E-state index is -4.10. The number of amides is 2. The van der Waals surface area contributed by atoms with Crippen LogP contribution in [0, 0.1) is 0 Å². The highest BCUT2D eigenvalue weighted by Crippen LogP contribution is 2.31. The number of halogens is 3. The summed E-state index contributed by atoms with van der Waals surface area (Å²) in [5, 5.41) is 19.7. The van der Waals surface area contributed by atoms with Crippen LogP contribution in [0.4, 0.5) is 22.4 Å². The lowest BCUT2D eigenvalue weighted by molar-refractivity contribution is -0.671. The molecular weight excluding hydrogens is 746 g/mol. The third-order valence-electron chi connectivity index (χ3n) is 5.74. The van der Waals surface area contributed by atoms with E-state index < -0.39 is 26.4 Å². The SMILES string of the molecule is CCNc1nc(Cl)nc(NCC)n1.CN(C)C(=O)Nc1ccc(Cl)c(Cl)c1.C[n+]1ccc(-c2cc[n+](C)cc2)cc1.O=C(O)CNCP(=O)(O)O. The van der Waals surface area contributed by atoms with Gasteiger partial charge in [0.05, 0.1) is 22.9 Å². The molecule has 3 heterocycles. The van der Waals surface area contributed by atoms with Crippen LogP contribution in [0.25, 0.3) is 11.1 Å². The predicted molar refractivity (Wildman–Crippen MR) is 199 cm³/mol. The Morgan fingerprint density at radius 3 is 1.65 bits per heavy atom. The van der Waals surface area contributed by atoms with Gasteiger partial charge in [-0.2, -0.15) is 15.0 Å². The summed E-state index contributed by atoms with van der Waals surface area (Å²) in [5.41, 5.74) is 3.13. The number of aryl methyl sites for hydroxylation is 2. The molecule has 278 valence electrons. The summed E-state index contributed by atoms with van der Waals surface area (Å²) >= 11 is 17.2. The van der Waals surface area contributed by atoms with Gasteiger partial charge in [-0.3, -0.25) is 14.7 Å². The van der Waals surface area contributed by atoms with Crippen molar-refractivity contribution in [2.45, 2.75) is 13.8 Å². The number of carbonyl (C=O) groups is 2. The Balaban J connectivity index is 0.000000343. The number of carboxylic acids is 1. The standard InChI is InChI=1S/C12H14N2.C9H10Cl2N2O.C7H12ClN5.C3H8NO5P/c1-13-7-3-11(4-8-13)12-5-9-14(2)10-6-12;1-13(2)9(14)12-6-3-4-7(10)8(11)5-6;1-3-9-6-11-5(8)12-7(13-6)10-4-2;5-3(6)1-4-2-10(7,8)9/h3-10H,1-2H3;3-5H,1-2H3,(H,12,14);3-4H2,1-2H3,(H2,9,10,11,12,13);4H,1-2H2,(H,5,6)(H2,7,8,9)/q+2;;;. The number of urea groups is 1. The molecule has 0 aliphatic carbocycles. The third kappa shape index (κ3) is 20.3. The predicted octanol–water partition coefficient (Wildman–Crippen LogP) is 4.27. The first kappa shape index (κ1) is 44.9. The smallest absolute Gasteiger partial charge is 0.339 e. The highest BCUT2D eigenvalue weighted by Gasteiger charge is 2.12. The Labute approximate surface area is 312 Å².